The second-order valence-electron chi connectivity index (χ2n) is 26.6. The molecule has 0 aliphatic carbocycles. The average Bonchev–Trinajstić information content (AvgIpc) is 0.965. The molecule has 0 aliphatic rings. The number of esters is 4. The van der Waals surface area contributed by atoms with E-state index in [1.165, 1.54) is 122 Å². The molecule has 0 aliphatic heterocycles. The van der Waals surface area contributed by atoms with Crippen molar-refractivity contribution in [3.63, 3.8) is 0 Å². The molecular weight excluding hydrogens is 1310 g/mol. The molecule has 0 rings (SSSR count). The first kappa shape index (κ1) is 96.2. The topological polar surface area (TPSA) is 237 Å². The van der Waals surface area contributed by atoms with Crippen molar-refractivity contribution in [3.05, 3.63) is 85.1 Å². The third-order valence-corrected chi connectivity index (χ3v) is 18.7. The largest absolute Gasteiger partial charge is 0.472 e. The molecule has 580 valence electrons. The molecule has 0 saturated heterocycles. The first-order chi connectivity index (χ1) is 48.7. The lowest BCUT2D eigenvalue weighted by atomic mass is 10.1. The van der Waals surface area contributed by atoms with Crippen molar-refractivity contribution in [3.8, 4) is 0 Å². The molecule has 5 atom stereocenters. The highest BCUT2D eigenvalue weighted by atomic mass is 31.2. The van der Waals surface area contributed by atoms with Crippen molar-refractivity contribution in [2.75, 3.05) is 39.6 Å². The molecule has 0 radical (unpaired) electrons. The molecule has 0 aromatic rings. The number of ether oxygens (including phenoxy) is 4. The van der Waals surface area contributed by atoms with Crippen LogP contribution in [0.2, 0.25) is 0 Å². The number of hydrogen-bond donors (Lipinski definition) is 3. The summed E-state index contributed by atoms with van der Waals surface area (Å²) in [6, 6.07) is 0. The van der Waals surface area contributed by atoms with E-state index >= 15 is 0 Å². The molecule has 0 heterocycles. The van der Waals surface area contributed by atoms with Gasteiger partial charge < -0.3 is 33.8 Å². The average molecular weight is 1450 g/mol. The van der Waals surface area contributed by atoms with Gasteiger partial charge in [-0.05, 0) is 141 Å². The summed E-state index contributed by atoms with van der Waals surface area (Å²) in [4.78, 5) is 72.9. The van der Waals surface area contributed by atoms with Gasteiger partial charge in [-0.25, -0.2) is 9.13 Å². The second kappa shape index (κ2) is 73.5. The summed E-state index contributed by atoms with van der Waals surface area (Å²) >= 11 is 0. The third kappa shape index (κ3) is 72.6. The number of rotatable bonds is 75. The SMILES string of the molecule is CCCCC/C=C\C/C=C\C/C=C\C/C=C\CCCC(=O)OC[C@H](COP(=O)(O)OC[C@H](O)COP(=O)(O)OC[C@@H](COC(=O)CCCCCCC/C=C\CCCCCCCC)OC(=O)CCCCCCC/C=C\CCCCCCCC)OC(=O)CCCCCCC/C=C\CCCCCC. The fraction of sp³-hybridized carbons (Fsp3) is 0.778. The zero-order chi connectivity index (χ0) is 73.2. The Labute approximate surface area is 608 Å². The Kier molecular flexibility index (Phi) is 70.8. The summed E-state index contributed by atoms with van der Waals surface area (Å²) in [5, 5.41) is 10.6. The summed E-state index contributed by atoms with van der Waals surface area (Å²) in [6.45, 7) is 4.77. The minimum atomic E-state index is -4.99. The maximum atomic E-state index is 13.1. The van der Waals surface area contributed by atoms with Crippen LogP contribution in [0.15, 0.2) is 85.1 Å². The molecule has 19 heteroatoms. The molecule has 0 fully saturated rings. The van der Waals surface area contributed by atoms with E-state index in [4.69, 9.17) is 37.0 Å². The molecule has 0 bridgehead atoms. The fourth-order valence-corrected chi connectivity index (χ4v) is 12.2. The van der Waals surface area contributed by atoms with Crippen LogP contribution in [0.1, 0.15) is 349 Å². The van der Waals surface area contributed by atoms with E-state index in [0.29, 0.717) is 32.1 Å². The normalized spacial score (nSPS) is 14.3. The van der Waals surface area contributed by atoms with Crippen LogP contribution in [0.5, 0.6) is 0 Å². The summed E-state index contributed by atoms with van der Waals surface area (Å²) in [6.07, 6.45) is 75.7. The Morgan fingerprint density at radius 3 is 0.830 bits per heavy atom. The lowest BCUT2D eigenvalue weighted by Crippen LogP contribution is -2.30. The lowest BCUT2D eigenvalue weighted by molar-refractivity contribution is -0.161. The molecule has 0 amide bonds. The highest BCUT2D eigenvalue weighted by molar-refractivity contribution is 7.47. The minimum Gasteiger partial charge on any atom is -0.462 e. The Balaban J connectivity index is 5.39. The molecule has 2 unspecified atom stereocenters. The number of carbonyl (C=O) groups is 4. The predicted octanol–water partition coefficient (Wildman–Crippen LogP) is 23.0. The van der Waals surface area contributed by atoms with Crippen LogP contribution in [0.4, 0.5) is 0 Å². The Morgan fingerprint density at radius 1 is 0.280 bits per heavy atom. The van der Waals surface area contributed by atoms with Gasteiger partial charge in [0.1, 0.15) is 19.3 Å². The van der Waals surface area contributed by atoms with Gasteiger partial charge in [0, 0.05) is 25.7 Å². The van der Waals surface area contributed by atoms with Gasteiger partial charge in [0.15, 0.2) is 12.2 Å². The summed E-state index contributed by atoms with van der Waals surface area (Å²) in [5.74, 6) is -2.25. The minimum absolute atomic E-state index is 0.0742. The second-order valence-corrected chi connectivity index (χ2v) is 29.5. The number of aliphatic hydroxyl groups is 1. The number of phosphoric ester groups is 2. The van der Waals surface area contributed by atoms with E-state index in [-0.39, 0.29) is 25.7 Å². The summed E-state index contributed by atoms with van der Waals surface area (Å²) < 4.78 is 68.5. The van der Waals surface area contributed by atoms with E-state index < -0.39 is 97.5 Å². The standard InChI is InChI=1S/C81H144O17P2/c1-5-9-13-17-21-25-29-33-36-37-40-43-46-50-54-58-62-66-79(84)92-71-76(97-80(85)67-63-59-55-51-47-41-32-28-24-20-16-12-8-4)73-95-99(87,88)93-69-75(82)70-94-100(89,90)96-74-77(98-81(86)68-64-60-56-52-48-44-39-35-31-27-23-19-15-11-7-3)72-91-78(83)65-61-57-53-49-45-42-38-34-30-26-22-18-14-10-6-2/h21,25,28,32-36,38-40,43,50,54,75-77,82H,5-20,22-24,26-27,29-31,37,41-42,44-49,51-53,55-74H2,1-4H3,(H,87,88)(H,89,90)/b25-21-,32-28-,36-33-,38-34-,39-35-,43-40-,54-50-/t75-,76+,77+/m0/s1. The number of carbonyl (C=O) groups excluding carboxylic acids is 4. The number of allylic oxidation sites excluding steroid dienone is 14. The molecule has 3 N–H and O–H groups in total. The van der Waals surface area contributed by atoms with Gasteiger partial charge in [0.2, 0.25) is 0 Å². The van der Waals surface area contributed by atoms with Crippen LogP contribution in [-0.2, 0) is 65.4 Å². The molecule has 100 heavy (non-hydrogen) atoms. The number of hydrogen-bond acceptors (Lipinski definition) is 15. The van der Waals surface area contributed by atoms with Crippen molar-refractivity contribution in [1.29, 1.82) is 0 Å². The van der Waals surface area contributed by atoms with Gasteiger partial charge in [-0.2, -0.15) is 0 Å². The maximum Gasteiger partial charge on any atom is 0.472 e. The number of phosphoric acid groups is 2. The van der Waals surface area contributed by atoms with Crippen LogP contribution in [0, 0.1) is 0 Å². The molecule has 0 spiro atoms. The summed E-state index contributed by atoms with van der Waals surface area (Å²) in [7, 11) is -9.97. The van der Waals surface area contributed by atoms with Crippen molar-refractivity contribution < 1.29 is 80.2 Å². The van der Waals surface area contributed by atoms with E-state index in [0.717, 1.165) is 141 Å². The van der Waals surface area contributed by atoms with Crippen molar-refractivity contribution in [1.82, 2.24) is 0 Å². The lowest BCUT2D eigenvalue weighted by Gasteiger charge is -2.21. The van der Waals surface area contributed by atoms with Crippen molar-refractivity contribution >= 4 is 39.5 Å². The highest BCUT2D eigenvalue weighted by Gasteiger charge is 2.30. The smallest absolute Gasteiger partial charge is 0.462 e. The van der Waals surface area contributed by atoms with Gasteiger partial charge in [0.25, 0.3) is 0 Å². The van der Waals surface area contributed by atoms with Crippen LogP contribution in [0.3, 0.4) is 0 Å². The summed E-state index contributed by atoms with van der Waals surface area (Å²) in [5.41, 5.74) is 0. The van der Waals surface area contributed by atoms with E-state index in [1.54, 1.807) is 0 Å². The number of aliphatic hydroxyl groups excluding tert-OH is 1. The zero-order valence-corrected chi connectivity index (χ0v) is 65.2. The first-order valence-electron chi connectivity index (χ1n) is 39.8. The first-order valence-corrected chi connectivity index (χ1v) is 42.8. The Hall–Kier alpha value is -3.76. The fourth-order valence-electron chi connectivity index (χ4n) is 10.7. The molecule has 17 nitrogen and oxygen atoms in total. The van der Waals surface area contributed by atoms with Crippen LogP contribution >= 0.6 is 15.6 Å². The zero-order valence-electron chi connectivity index (χ0n) is 63.4. The number of unbranched alkanes of at least 4 members (excludes halogenated alkanes) is 35. The van der Waals surface area contributed by atoms with E-state index in [9.17, 15) is 43.2 Å². The quantitative estimate of drug-likeness (QED) is 0.0169. The molecule has 0 saturated carbocycles. The van der Waals surface area contributed by atoms with Crippen LogP contribution in [-0.4, -0.2) is 96.7 Å². The van der Waals surface area contributed by atoms with Gasteiger partial charge in [-0.3, -0.25) is 37.3 Å². The van der Waals surface area contributed by atoms with Gasteiger partial charge in [-0.15, -0.1) is 0 Å². The monoisotopic (exact) mass is 1450 g/mol. The van der Waals surface area contributed by atoms with E-state index in [2.05, 4.69) is 101 Å². The van der Waals surface area contributed by atoms with Gasteiger partial charge in [-0.1, -0.05) is 267 Å². The van der Waals surface area contributed by atoms with Gasteiger partial charge >= 0.3 is 39.5 Å². The maximum absolute atomic E-state index is 13.1. The molecular formula is C81H144O17P2. The van der Waals surface area contributed by atoms with Gasteiger partial charge in [0.05, 0.1) is 26.4 Å². The van der Waals surface area contributed by atoms with Crippen LogP contribution in [0.25, 0.3) is 0 Å². The van der Waals surface area contributed by atoms with E-state index in [1.807, 2.05) is 12.2 Å². The third-order valence-electron chi connectivity index (χ3n) is 16.8. The highest BCUT2D eigenvalue weighted by Crippen LogP contribution is 2.45. The van der Waals surface area contributed by atoms with Crippen molar-refractivity contribution in [2.45, 2.75) is 367 Å². The molecule has 0 aromatic carbocycles. The van der Waals surface area contributed by atoms with Crippen LogP contribution < -0.4 is 0 Å². The molecule has 0 aromatic heterocycles. The Morgan fingerprint density at radius 2 is 0.500 bits per heavy atom. The predicted molar refractivity (Wildman–Crippen MR) is 409 cm³/mol. The Bertz CT molecular complexity index is 2230. The van der Waals surface area contributed by atoms with Crippen molar-refractivity contribution in [2.24, 2.45) is 0 Å².